The van der Waals surface area contributed by atoms with Gasteiger partial charge in [-0.2, -0.15) is 0 Å². The molecule has 0 radical (unpaired) electrons. The number of benzene rings is 2. The van der Waals surface area contributed by atoms with Gasteiger partial charge in [0.2, 0.25) is 0 Å². The van der Waals surface area contributed by atoms with Crippen molar-refractivity contribution in [3.05, 3.63) is 84.2 Å². The Morgan fingerprint density at radius 3 is 2.55 bits per heavy atom. The van der Waals surface area contributed by atoms with Crippen LogP contribution >= 0.6 is 0 Å². The molecule has 2 heteroatoms. The first-order valence-electron chi connectivity index (χ1n) is 11.8. The van der Waals surface area contributed by atoms with Crippen molar-refractivity contribution in [1.29, 1.82) is 0 Å². The van der Waals surface area contributed by atoms with Crippen molar-refractivity contribution in [2.24, 2.45) is 11.8 Å². The van der Waals surface area contributed by atoms with Gasteiger partial charge in [-0.25, -0.2) is 0 Å². The van der Waals surface area contributed by atoms with E-state index < -0.39 is 0 Å². The van der Waals surface area contributed by atoms with Crippen molar-refractivity contribution < 1.29 is 0 Å². The van der Waals surface area contributed by atoms with Crippen LogP contribution in [-0.2, 0) is 6.42 Å². The van der Waals surface area contributed by atoms with Gasteiger partial charge in [0, 0.05) is 36.7 Å². The average Bonchev–Trinajstić information content (AvgIpc) is 3.33. The van der Waals surface area contributed by atoms with Gasteiger partial charge in [-0.05, 0) is 85.3 Å². The lowest BCUT2D eigenvalue weighted by molar-refractivity contribution is 0.379. The van der Waals surface area contributed by atoms with E-state index >= 15 is 0 Å². The number of anilines is 1. The van der Waals surface area contributed by atoms with Crippen LogP contribution in [0.2, 0.25) is 0 Å². The molecule has 160 valence electrons. The predicted octanol–water partition coefficient (Wildman–Crippen LogP) is 6.90. The number of nitrogens with zero attached hydrogens (tertiary/aromatic N) is 2. The summed E-state index contributed by atoms with van der Waals surface area (Å²) in [5.74, 6) is 1.54. The van der Waals surface area contributed by atoms with Crippen LogP contribution in [0.15, 0.2) is 73.1 Å². The molecule has 5 rings (SSSR count). The van der Waals surface area contributed by atoms with E-state index in [0.717, 1.165) is 30.5 Å². The molecule has 0 amide bonds. The molecule has 2 aromatic carbocycles. The Labute approximate surface area is 187 Å². The summed E-state index contributed by atoms with van der Waals surface area (Å²) in [4.78, 5) is 4.93. The van der Waals surface area contributed by atoms with Gasteiger partial charge < -0.3 is 9.80 Å². The number of hydrogen-bond acceptors (Lipinski definition) is 2. The largest absolute Gasteiger partial charge is 0.375 e. The lowest BCUT2D eigenvalue weighted by Crippen LogP contribution is -2.25. The average molecular weight is 411 g/mol. The van der Waals surface area contributed by atoms with E-state index in [0.29, 0.717) is 0 Å². The zero-order valence-electron chi connectivity index (χ0n) is 18.8. The van der Waals surface area contributed by atoms with Crippen LogP contribution in [0.25, 0.3) is 17.2 Å². The summed E-state index contributed by atoms with van der Waals surface area (Å²) in [7, 11) is 0. The highest BCUT2D eigenvalue weighted by Crippen LogP contribution is 2.39. The molecule has 1 aliphatic heterocycles. The summed E-state index contributed by atoms with van der Waals surface area (Å²) in [5.41, 5.74) is 9.14. The second-order valence-electron chi connectivity index (χ2n) is 9.61. The van der Waals surface area contributed by atoms with Gasteiger partial charge in [0.05, 0.1) is 0 Å². The number of fused-ring (bicyclic) bond motifs is 1. The van der Waals surface area contributed by atoms with E-state index in [2.05, 4.69) is 84.5 Å². The molecule has 2 nitrogen and oxygen atoms in total. The van der Waals surface area contributed by atoms with Crippen molar-refractivity contribution in [1.82, 2.24) is 4.90 Å². The third-order valence-corrected chi connectivity index (χ3v) is 7.25. The maximum Gasteiger partial charge on any atom is 0.0408 e. The minimum Gasteiger partial charge on any atom is -0.375 e. The fraction of sp³-hybridized carbons (Fsp3) is 0.379. The molecule has 2 aliphatic carbocycles. The standard InChI is InChI=1S/C29H34N2/c1-21(2)31(18-16-23-15-17-30(20-23)22(3)24-7-8-24)29-13-11-26(12-14-29)28-10-9-25-5-4-6-27(25)19-28/h4-5,9-14,19,23-24H,1,3,6-8,15-18,20H2,2H3. The molecule has 31 heavy (non-hydrogen) atoms. The fourth-order valence-corrected chi connectivity index (χ4v) is 5.13. The monoisotopic (exact) mass is 410 g/mol. The van der Waals surface area contributed by atoms with E-state index in [1.165, 1.54) is 72.4 Å². The Kier molecular flexibility index (Phi) is 5.48. The van der Waals surface area contributed by atoms with E-state index in [9.17, 15) is 0 Å². The Morgan fingerprint density at radius 2 is 1.81 bits per heavy atom. The molecule has 3 aliphatic rings. The molecular weight excluding hydrogens is 376 g/mol. The number of likely N-dealkylation sites (tertiary alicyclic amines) is 1. The highest BCUT2D eigenvalue weighted by Gasteiger charge is 2.32. The van der Waals surface area contributed by atoms with Gasteiger partial charge in [-0.15, -0.1) is 0 Å². The molecule has 0 aromatic heterocycles. The van der Waals surface area contributed by atoms with Crippen molar-refractivity contribution in [3.8, 4) is 11.1 Å². The second kappa shape index (κ2) is 8.42. The minimum absolute atomic E-state index is 0.761. The van der Waals surface area contributed by atoms with Gasteiger partial charge in [-0.3, -0.25) is 0 Å². The van der Waals surface area contributed by atoms with E-state index in [1.807, 2.05) is 0 Å². The van der Waals surface area contributed by atoms with Crippen LogP contribution in [0.4, 0.5) is 5.69 Å². The van der Waals surface area contributed by atoms with Crippen LogP contribution in [0, 0.1) is 11.8 Å². The molecule has 1 unspecified atom stereocenters. The summed E-state index contributed by atoms with van der Waals surface area (Å²) in [6.07, 6.45) is 10.7. The van der Waals surface area contributed by atoms with Crippen molar-refractivity contribution in [2.45, 2.75) is 39.0 Å². The maximum atomic E-state index is 4.35. The first-order valence-corrected chi connectivity index (χ1v) is 11.8. The molecule has 1 saturated carbocycles. The van der Waals surface area contributed by atoms with Crippen LogP contribution in [-0.4, -0.2) is 24.5 Å². The quantitative estimate of drug-likeness (QED) is 0.467. The van der Waals surface area contributed by atoms with Crippen molar-refractivity contribution in [2.75, 3.05) is 24.5 Å². The van der Waals surface area contributed by atoms with Crippen molar-refractivity contribution in [3.63, 3.8) is 0 Å². The predicted molar refractivity (Wildman–Crippen MR) is 133 cm³/mol. The maximum absolute atomic E-state index is 4.35. The first kappa shape index (κ1) is 20.2. The minimum atomic E-state index is 0.761. The lowest BCUT2D eigenvalue weighted by Gasteiger charge is -2.27. The van der Waals surface area contributed by atoms with E-state index in [-0.39, 0.29) is 0 Å². The van der Waals surface area contributed by atoms with Crippen LogP contribution < -0.4 is 4.90 Å². The third kappa shape index (κ3) is 4.35. The van der Waals surface area contributed by atoms with Crippen molar-refractivity contribution >= 4 is 11.8 Å². The number of allylic oxidation sites excluding steroid dienone is 3. The van der Waals surface area contributed by atoms with Gasteiger partial charge in [0.15, 0.2) is 0 Å². The Balaban J connectivity index is 1.22. The molecule has 0 bridgehead atoms. The van der Waals surface area contributed by atoms with E-state index in [4.69, 9.17) is 0 Å². The second-order valence-corrected chi connectivity index (χ2v) is 9.61. The molecule has 2 aromatic rings. The highest BCUT2D eigenvalue weighted by molar-refractivity contribution is 5.71. The normalized spacial score (nSPS) is 19.5. The molecular formula is C29H34N2. The summed E-state index contributed by atoms with van der Waals surface area (Å²) in [6.45, 7) is 14.2. The molecule has 1 atom stereocenters. The number of rotatable bonds is 8. The summed E-state index contributed by atoms with van der Waals surface area (Å²) < 4.78 is 0. The smallest absolute Gasteiger partial charge is 0.0408 e. The van der Waals surface area contributed by atoms with Crippen LogP contribution in [0.5, 0.6) is 0 Å². The van der Waals surface area contributed by atoms with Gasteiger partial charge in [0.25, 0.3) is 0 Å². The Hall–Kier alpha value is -2.74. The summed E-state index contributed by atoms with van der Waals surface area (Å²) in [6, 6.07) is 15.8. The number of hydrogen-bond donors (Lipinski definition) is 0. The van der Waals surface area contributed by atoms with Crippen LogP contribution in [0.1, 0.15) is 43.7 Å². The SMILES string of the molecule is C=C(C1CC1)N1CCC(CCN(C(=C)C)c2ccc(-c3ccc4c(c3)CC=C4)cc2)C1. The Morgan fingerprint density at radius 1 is 1.03 bits per heavy atom. The summed E-state index contributed by atoms with van der Waals surface area (Å²) >= 11 is 0. The molecule has 0 spiro atoms. The third-order valence-electron chi connectivity index (χ3n) is 7.25. The first-order chi connectivity index (χ1) is 15.1. The fourth-order valence-electron chi connectivity index (χ4n) is 5.13. The molecule has 1 saturated heterocycles. The lowest BCUT2D eigenvalue weighted by atomic mass is 10.00. The zero-order valence-corrected chi connectivity index (χ0v) is 18.8. The van der Waals surface area contributed by atoms with Gasteiger partial charge in [-0.1, -0.05) is 55.6 Å². The molecule has 0 N–H and O–H groups in total. The van der Waals surface area contributed by atoms with Gasteiger partial charge in [0.1, 0.15) is 0 Å². The topological polar surface area (TPSA) is 6.48 Å². The van der Waals surface area contributed by atoms with E-state index in [1.54, 1.807) is 0 Å². The summed E-state index contributed by atoms with van der Waals surface area (Å²) in [5, 5.41) is 0. The highest BCUT2D eigenvalue weighted by atomic mass is 15.2. The zero-order chi connectivity index (χ0) is 21.4. The molecule has 2 fully saturated rings. The van der Waals surface area contributed by atoms with Gasteiger partial charge >= 0.3 is 0 Å². The Bertz CT molecular complexity index is 1010. The molecule has 1 heterocycles. The van der Waals surface area contributed by atoms with Crippen LogP contribution in [0.3, 0.4) is 0 Å².